The predicted octanol–water partition coefficient (Wildman–Crippen LogP) is 2.58. The second-order valence-corrected chi connectivity index (χ2v) is 3.12. The Morgan fingerprint density at radius 2 is 2.36 bits per heavy atom. The molecule has 74 valence electrons. The second-order valence-electron chi connectivity index (χ2n) is 3.12. The third-order valence-electron chi connectivity index (χ3n) is 1.65. The van der Waals surface area contributed by atoms with Crippen LogP contribution in [0.4, 0.5) is 11.4 Å². The van der Waals surface area contributed by atoms with Gasteiger partial charge in [0, 0.05) is 24.4 Å². The molecule has 0 aliphatic carbocycles. The number of hydrogen-bond acceptors (Lipinski definition) is 3. The van der Waals surface area contributed by atoms with E-state index in [1.54, 1.807) is 12.1 Å². The van der Waals surface area contributed by atoms with Crippen LogP contribution < -0.4 is 5.32 Å². The molecule has 1 aromatic carbocycles. The van der Waals surface area contributed by atoms with E-state index in [0.29, 0.717) is 6.54 Å². The van der Waals surface area contributed by atoms with Crippen molar-refractivity contribution in [2.45, 2.75) is 6.92 Å². The van der Waals surface area contributed by atoms with Gasteiger partial charge in [-0.2, -0.15) is 0 Å². The van der Waals surface area contributed by atoms with Crippen LogP contribution in [0.3, 0.4) is 0 Å². The SMILES string of the molecule is C=C(C)CNc1cccc([N+](=O)[O-])c1. The van der Waals surface area contributed by atoms with Gasteiger partial charge in [-0.1, -0.05) is 18.2 Å². The first-order valence-corrected chi connectivity index (χ1v) is 4.22. The third-order valence-corrected chi connectivity index (χ3v) is 1.65. The van der Waals surface area contributed by atoms with Gasteiger partial charge in [-0.15, -0.1) is 0 Å². The zero-order chi connectivity index (χ0) is 10.6. The van der Waals surface area contributed by atoms with Crippen molar-refractivity contribution in [3.8, 4) is 0 Å². The molecular formula is C10H12N2O2. The van der Waals surface area contributed by atoms with E-state index < -0.39 is 4.92 Å². The molecule has 0 spiro atoms. The van der Waals surface area contributed by atoms with E-state index >= 15 is 0 Å². The minimum Gasteiger partial charge on any atom is -0.381 e. The average molecular weight is 192 g/mol. The Bertz CT molecular complexity index is 361. The smallest absolute Gasteiger partial charge is 0.271 e. The number of hydrogen-bond donors (Lipinski definition) is 1. The lowest BCUT2D eigenvalue weighted by Gasteiger charge is -2.04. The fourth-order valence-corrected chi connectivity index (χ4v) is 0.982. The number of non-ortho nitro benzene ring substituents is 1. The van der Waals surface area contributed by atoms with E-state index in [4.69, 9.17) is 0 Å². The van der Waals surface area contributed by atoms with Crippen LogP contribution in [0.5, 0.6) is 0 Å². The van der Waals surface area contributed by atoms with Gasteiger partial charge in [0.25, 0.3) is 5.69 Å². The van der Waals surface area contributed by atoms with Gasteiger partial charge in [0.15, 0.2) is 0 Å². The Hall–Kier alpha value is -1.84. The van der Waals surface area contributed by atoms with Gasteiger partial charge in [-0.3, -0.25) is 10.1 Å². The molecule has 0 bridgehead atoms. The number of nitro benzene ring substituents is 1. The van der Waals surface area contributed by atoms with Gasteiger partial charge in [-0.25, -0.2) is 0 Å². The van der Waals surface area contributed by atoms with Crippen LogP contribution in [-0.2, 0) is 0 Å². The molecule has 4 heteroatoms. The fourth-order valence-electron chi connectivity index (χ4n) is 0.982. The highest BCUT2D eigenvalue weighted by Crippen LogP contribution is 2.16. The number of nitrogens with one attached hydrogen (secondary N) is 1. The highest BCUT2D eigenvalue weighted by atomic mass is 16.6. The lowest BCUT2D eigenvalue weighted by Crippen LogP contribution is -2.01. The van der Waals surface area contributed by atoms with Gasteiger partial charge in [0.05, 0.1) is 4.92 Å². The Morgan fingerprint density at radius 1 is 1.64 bits per heavy atom. The Kier molecular flexibility index (Phi) is 3.23. The molecule has 0 radical (unpaired) electrons. The predicted molar refractivity (Wildman–Crippen MR) is 56.4 cm³/mol. The van der Waals surface area contributed by atoms with Gasteiger partial charge < -0.3 is 5.32 Å². The Balaban J connectivity index is 2.73. The van der Waals surface area contributed by atoms with Crippen LogP contribution in [-0.4, -0.2) is 11.5 Å². The summed E-state index contributed by atoms with van der Waals surface area (Å²) in [6.07, 6.45) is 0. The highest BCUT2D eigenvalue weighted by molar-refractivity contribution is 5.51. The van der Waals surface area contributed by atoms with Crippen molar-refractivity contribution in [3.05, 3.63) is 46.5 Å². The van der Waals surface area contributed by atoms with Gasteiger partial charge in [-0.05, 0) is 13.0 Å². The summed E-state index contributed by atoms with van der Waals surface area (Å²) in [4.78, 5) is 10.0. The molecule has 0 fully saturated rings. The summed E-state index contributed by atoms with van der Waals surface area (Å²) in [5, 5.41) is 13.5. The van der Waals surface area contributed by atoms with Crippen LogP contribution in [0.1, 0.15) is 6.92 Å². The summed E-state index contributed by atoms with van der Waals surface area (Å²) >= 11 is 0. The van der Waals surface area contributed by atoms with Crippen molar-refractivity contribution in [1.29, 1.82) is 0 Å². The molecule has 1 N–H and O–H groups in total. The van der Waals surface area contributed by atoms with Crippen molar-refractivity contribution in [1.82, 2.24) is 0 Å². The molecule has 0 heterocycles. The maximum absolute atomic E-state index is 10.5. The van der Waals surface area contributed by atoms with Gasteiger partial charge in [0.2, 0.25) is 0 Å². The maximum atomic E-state index is 10.5. The van der Waals surface area contributed by atoms with E-state index in [-0.39, 0.29) is 5.69 Å². The minimum atomic E-state index is -0.411. The van der Waals surface area contributed by atoms with E-state index in [1.165, 1.54) is 12.1 Å². The first-order chi connectivity index (χ1) is 6.59. The van der Waals surface area contributed by atoms with Crippen molar-refractivity contribution in [2.75, 3.05) is 11.9 Å². The van der Waals surface area contributed by atoms with Gasteiger partial charge >= 0.3 is 0 Å². The fraction of sp³-hybridized carbons (Fsp3) is 0.200. The number of nitrogens with zero attached hydrogens (tertiary/aromatic N) is 1. The molecular weight excluding hydrogens is 180 g/mol. The number of anilines is 1. The summed E-state index contributed by atoms with van der Waals surface area (Å²) < 4.78 is 0. The number of rotatable bonds is 4. The Morgan fingerprint density at radius 3 is 2.93 bits per heavy atom. The molecule has 0 amide bonds. The molecule has 0 saturated heterocycles. The van der Waals surface area contributed by atoms with Gasteiger partial charge in [0.1, 0.15) is 0 Å². The summed E-state index contributed by atoms with van der Waals surface area (Å²) in [5.74, 6) is 0. The van der Waals surface area contributed by atoms with Crippen LogP contribution >= 0.6 is 0 Å². The monoisotopic (exact) mass is 192 g/mol. The first kappa shape index (κ1) is 10.2. The summed E-state index contributed by atoms with van der Waals surface area (Å²) in [6.45, 7) is 6.25. The van der Waals surface area contributed by atoms with Crippen LogP contribution in [0.15, 0.2) is 36.4 Å². The van der Waals surface area contributed by atoms with Crippen molar-refractivity contribution in [3.63, 3.8) is 0 Å². The molecule has 1 aromatic rings. The third kappa shape index (κ3) is 2.90. The number of nitro groups is 1. The van der Waals surface area contributed by atoms with Crippen molar-refractivity contribution < 1.29 is 4.92 Å². The summed E-state index contributed by atoms with van der Waals surface area (Å²) in [5.41, 5.74) is 1.82. The van der Waals surface area contributed by atoms with E-state index in [1.807, 2.05) is 6.92 Å². The summed E-state index contributed by atoms with van der Waals surface area (Å²) in [7, 11) is 0. The first-order valence-electron chi connectivity index (χ1n) is 4.22. The normalized spacial score (nSPS) is 9.50. The minimum absolute atomic E-state index is 0.0942. The van der Waals surface area contributed by atoms with E-state index in [9.17, 15) is 10.1 Å². The molecule has 0 aliphatic heterocycles. The zero-order valence-electron chi connectivity index (χ0n) is 7.99. The molecule has 14 heavy (non-hydrogen) atoms. The Labute approximate surface area is 82.4 Å². The maximum Gasteiger partial charge on any atom is 0.271 e. The number of benzene rings is 1. The van der Waals surface area contributed by atoms with Crippen LogP contribution in [0, 0.1) is 10.1 Å². The molecule has 0 aliphatic rings. The van der Waals surface area contributed by atoms with Crippen LogP contribution in [0.25, 0.3) is 0 Å². The second kappa shape index (κ2) is 4.41. The molecule has 4 nitrogen and oxygen atoms in total. The largest absolute Gasteiger partial charge is 0.381 e. The molecule has 0 unspecified atom stereocenters. The highest BCUT2D eigenvalue weighted by Gasteiger charge is 2.04. The molecule has 0 atom stereocenters. The van der Waals surface area contributed by atoms with Crippen LogP contribution in [0.2, 0.25) is 0 Å². The van der Waals surface area contributed by atoms with Crippen molar-refractivity contribution in [2.24, 2.45) is 0 Å². The standard InChI is InChI=1S/C10H12N2O2/c1-8(2)7-11-9-4-3-5-10(6-9)12(13)14/h3-6,11H,1,7H2,2H3. The summed E-state index contributed by atoms with van der Waals surface area (Å²) in [6, 6.07) is 6.41. The topological polar surface area (TPSA) is 55.2 Å². The lowest BCUT2D eigenvalue weighted by molar-refractivity contribution is -0.384. The zero-order valence-corrected chi connectivity index (χ0v) is 7.99. The average Bonchev–Trinajstić information content (AvgIpc) is 2.15. The van der Waals surface area contributed by atoms with Crippen molar-refractivity contribution >= 4 is 11.4 Å². The molecule has 1 rings (SSSR count). The molecule has 0 aromatic heterocycles. The quantitative estimate of drug-likeness (QED) is 0.453. The lowest BCUT2D eigenvalue weighted by atomic mass is 10.2. The van der Waals surface area contributed by atoms with E-state index in [2.05, 4.69) is 11.9 Å². The molecule has 0 saturated carbocycles. The van der Waals surface area contributed by atoms with E-state index in [0.717, 1.165) is 11.3 Å².